The molecule has 1 atom stereocenters. The van der Waals surface area contributed by atoms with Crippen LogP contribution in [0.3, 0.4) is 0 Å². The van der Waals surface area contributed by atoms with Gasteiger partial charge in [0.25, 0.3) is 11.7 Å². The predicted molar refractivity (Wildman–Crippen MR) is 131 cm³/mol. The van der Waals surface area contributed by atoms with Crippen molar-refractivity contribution in [2.24, 2.45) is 0 Å². The van der Waals surface area contributed by atoms with Crippen LogP contribution in [-0.4, -0.2) is 78.1 Å². The van der Waals surface area contributed by atoms with Crippen LogP contribution in [0, 0.1) is 0 Å². The molecule has 2 fully saturated rings. The molecule has 8 heteroatoms. The average Bonchev–Trinajstić information content (AvgIpc) is 3.17. The summed E-state index contributed by atoms with van der Waals surface area (Å²) in [5, 5.41) is 13.2. The van der Waals surface area contributed by atoms with Crippen molar-refractivity contribution in [2.75, 3.05) is 46.5 Å². The molecule has 0 radical (unpaired) electrons. The Bertz CT molecular complexity index is 1280. The highest BCUT2D eigenvalue weighted by Gasteiger charge is 2.46. The number of ketones is 1. The van der Waals surface area contributed by atoms with Crippen LogP contribution in [0.4, 0.5) is 0 Å². The lowest BCUT2D eigenvalue weighted by atomic mass is 9.97. The first kappa shape index (κ1) is 23.0. The van der Waals surface area contributed by atoms with Gasteiger partial charge in [0, 0.05) is 37.9 Å². The number of benzene rings is 2. The average molecular weight is 474 g/mol. The number of carbonyl (C=O) groups is 2. The van der Waals surface area contributed by atoms with Crippen LogP contribution in [0.5, 0.6) is 5.75 Å². The second kappa shape index (κ2) is 9.85. The van der Waals surface area contributed by atoms with E-state index in [2.05, 4.69) is 9.88 Å². The molecule has 8 nitrogen and oxygen atoms in total. The van der Waals surface area contributed by atoms with E-state index in [1.165, 1.54) is 4.90 Å². The van der Waals surface area contributed by atoms with Crippen molar-refractivity contribution in [3.05, 3.63) is 77.6 Å². The third-order valence-electron chi connectivity index (χ3n) is 6.59. The number of Topliss-reactive ketones (excluding diaryl/α,β-unsaturated/α-hetero) is 1. The molecule has 2 aliphatic heterocycles. The van der Waals surface area contributed by atoms with Crippen LogP contribution in [0.1, 0.15) is 17.3 Å². The largest absolute Gasteiger partial charge is 0.507 e. The molecule has 5 rings (SSSR count). The number of fused-ring (bicyclic) bond motifs is 1. The minimum absolute atomic E-state index is 0.0588. The molecule has 2 aliphatic rings. The predicted octanol–water partition coefficient (Wildman–Crippen LogP) is 3.00. The molecule has 35 heavy (non-hydrogen) atoms. The van der Waals surface area contributed by atoms with Gasteiger partial charge in [-0.2, -0.15) is 0 Å². The third-order valence-corrected chi connectivity index (χ3v) is 6.59. The molecule has 0 saturated carbocycles. The summed E-state index contributed by atoms with van der Waals surface area (Å²) in [5.74, 6) is -0.794. The first-order valence-electron chi connectivity index (χ1n) is 11.6. The van der Waals surface area contributed by atoms with Crippen molar-refractivity contribution < 1.29 is 24.2 Å². The zero-order chi connectivity index (χ0) is 24.4. The molecule has 1 unspecified atom stereocenters. The number of aliphatic hydroxyl groups excluding tert-OH is 1. The first-order chi connectivity index (χ1) is 17.1. The Labute approximate surface area is 203 Å². The first-order valence-corrected chi connectivity index (χ1v) is 11.6. The van der Waals surface area contributed by atoms with Crippen molar-refractivity contribution in [2.45, 2.75) is 6.04 Å². The second-order valence-electron chi connectivity index (χ2n) is 8.63. The SMILES string of the molecule is COc1ccc2cc(/C(O)=C3\C(=O)C(=O)N(CCN4CCOCC4)C3c3ccccn3)ccc2c1. The zero-order valence-electron chi connectivity index (χ0n) is 19.5. The minimum Gasteiger partial charge on any atom is -0.507 e. The van der Waals surface area contributed by atoms with Gasteiger partial charge in [-0.15, -0.1) is 0 Å². The van der Waals surface area contributed by atoms with Crippen molar-refractivity contribution in [3.8, 4) is 5.75 Å². The molecular weight excluding hydrogens is 446 g/mol. The number of amides is 1. The van der Waals surface area contributed by atoms with E-state index in [9.17, 15) is 14.7 Å². The number of likely N-dealkylation sites (tertiary alicyclic amines) is 1. The summed E-state index contributed by atoms with van der Waals surface area (Å²) in [6.07, 6.45) is 1.63. The van der Waals surface area contributed by atoms with Crippen LogP contribution in [0.2, 0.25) is 0 Å². The van der Waals surface area contributed by atoms with Crippen molar-refractivity contribution >= 4 is 28.2 Å². The van der Waals surface area contributed by atoms with E-state index < -0.39 is 17.7 Å². The molecular formula is C27H27N3O5. The summed E-state index contributed by atoms with van der Waals surface area (Å²) in [6.45, 7) is 3.81. The van der Waals surface area contributed by atoms with E-state index in [1.807, 2.05) is 30.3 Å². The molecule has 1 amide bonds. The number of hydrogen-bond acceptors (Lipinski definition) is 7. The summed E-state index contributed by atoms with van der Waals surface area (Å²) in [5.41, 5.74) is 1.07. The maximum atomic E-state index is 13.2. The highest BCUT2D eigenvalue weighted by atomic mass is 16.5. The number of rotatable bonds is 6. The Kier molecular flexibility index (Phi) is 6.48. The van der Waals surface area contributed by atoms with Gasteiger partial charge in [0.15, 0.2) is 0 Å². The normalized spacial score (nSPS) is 20.5. The van der Waals surface area contributed by atoms with E-state index >= 15 is 0 Å². The maximum absolute atomic E-state index is 13.2. The van der Waals surface area contributed by atoms with Gasteiger partial charge in [-0.3, -0.25) is 19.5 Å². The van der Waals surface area contributed by atoms with Gasteiger partial charge in [0.2, 0.25) is 0 Å². The van der Waals surface area contributed by atoms with Gasteiger partial charge >= 0.3 is 0 Å². The number of morpholine rings is 1. The Balaban J connectivity index is 1.54. The Morgan fingerprint density at radius 1 is 1.06 bits per heavy atom. The standard InChI is InChI=1S/C27H27N3O5/c1-34-21-8-7-18-16-20(6-5-19(18)17-21)25(31)23-24(22-4-2-3-9-28-22)30(27(33)26(23)32)11-10-29-12-14-35-15-13-29/h2-9,16-17,24,31H,10-15H2,1H3/b25-23+. The van der Waals surface area contributed by atoms with Crippen molar-refractivity contribution in [1.82, 2.24) is 14.8 Å². The minimum atomic E-state index is -0.760. The number of nitrogens with zero attached hydrogens (tertiary/aromatic N) is 3. The molecule has 1 N–H and O–H groups in total. The lowest BCUT2D eigenvalue weighted by Crippen LogP contribution is -2.42. The van der Waals surface area contributed by atoms with Gasteiger partial charge in [-0.05, 0) is 41.1 Å². The van der Waals surface area contributed by atoms with Crippen LogP contribution in [0.15, 0.2) is 66.4 Å². The maximum Gasteiger partial charge on any atom is 0.295 e. The Morgan fingerprint density at radius 3 is 2.57 bits per heavy atom. The monoisotopic (exact) mass is 473 g/mol. The van der Waals surface area contributed by atoms with E-state index in [4.69, 9.17) is 9.47 Å². The van der Waals surface area contributed by atoms with Crippen molar-refractivity contribution in [3.63, 3.8) is 0 Å². The fraction of sp³-hybridized carbons (Fsp3) is 0.296. The lowest BCUT2D eigenvalue weighted by Gasteiger charge is -2.30. The quantitative estimate of drug-likeness (QED) is 0.334. The van der Waals surface area contributed by atoms with Gasteiger partial charge in [0.05, 0.1) is 31.6 Å². The van der Waals surface area contributed by atoms with E-state index in [0.717, 1.165) is 29.6 Å². The molecule has 2 aromatic carbocycles. The Hall–Kier alpha value is -3.75. The zero-order valence-corrected chi connectivity index (χ0v) is 19.5. The van der Waals surface area contributed by atoms with Gasteiger partial charge in [-0.25, -0.2) is 0 Å². The van der Waals surface area contributed by atoms with Gasteiger partial charge in [0.1, 0.15) is 17.6 Å². The molecule has 180 valence electrons. The summed E-state index contributed by atoms with van der Waals surface area (Å²) in [7, 11) is 1.61. The highest BCUT2D eigenvalue weighted by Crippen LogP contribution is 2.39. The number of methoxy groups -OCH3 is 1. The summed E-state index contributed by atoms with van der Waals surface area (Å²) < 4.78 is 10.7. The fourth-order valence-corrected chi connectivity index (χ4v) is 4.68. The lowest BCUT2D eigenvalue weighted by molar-refractivity contribution is -0.140. The number of aromatic nitrogens is 1. The molecule has 2 saturated heterocycles. The fourth-order valence-electron chi connectivity index (χ4n) is 4.68. The summed E-state index contributed by atoms with van der Waals surface area (Å²) in [6, 6.07) is 15.6. The number of carbonyl (C=O) groups excluding carboxylic acids is 2. The van der Waals surface area contributed by atoms with E-state index in [-0.39, 0.29) is 11.3 Å². The number of aliphatic hydroxyl groups is 1. The van der Waals surface area contributed by atoms with Crippen LogP contribution < -0.4 is 4.74 Å². The summed E-state index contributed by atoms with van der Waals surface area (Å²) in [4.78, 5) is 34.5. The van der Waals surface area contributed by atoms with Gasteiger partial charge in [-0.1, -0.05) is 24.3 Å². The molecule has 1 aromatic heterocycles. The molecule has 0 spiro atoms. The van der Waals surface area contributed by atoms with E-state index in [1.54, 1.807) is 37.6 Å². The second-order valence-corrected chi connectivity index (χ2v) is 8.63. The third kappa shape index (κ3) is 4.50. The molecule has 3 aromatic rings. The van der Waals surface area contributed by atoms with Crippen LogP contribution in [-0.2, 0) is 14.3 Å². The summed E-state index contributed by atoms with van der Waals surface area (Å²) >= 11 is 0. The number of hydrogen-bond donors (Lipinski definition) is 1. The Morgan fingerprint density at radius 2 is 1.83 bits per heavy atom. The molecule has 0 bridgehead atoms. The highest BCUT2D eigenvalue weighted by molar-refractivity contribution is 6.46. The van der Waals surface area contributed by atoms with Gasteiger partial charge < -0.3 is 19.5 Å². The number of ether oxygens (including phenoxy) is 2. The molecule has 0 aliphatic carbocycles. The van der Waals surface area contributed by atoms with E-state index in [0.29, 0.717) is 37.6 Å². The van der Waals surface area contributed by atoms with Crippen molar-refractivity contribution in [1.29, 1.82) is 0 Å². The van der Waals surface area contributed by atoms with Crippen LogP contribution >= 0.6 is 0 Å². The smallest absolute Gasteiger partial charge is 0.295 e. The van der Waals surface area contributed by atoms with Crippen LogP contribution in [0.25, 0.3) is 16.5 Å². The topological polar surface area (TPSA) is 92.2 Å². The number of pyridine rings is 1. The molecule has 3 heterocycles.